The Morgan fingerprint density at radius 3 is 2.10 bits per heavy atom. The first-order chi connectivity index (χ1) is 14.5. The Kier molecular flexibility index (Phi) is 13.5. The van der Waals surface area contributed by atoms with Gasteiger partial charge in [-0.2, -0.15) is 0 Å². The summed E-state index contributed by atoms with van der Waals surface area (Å²) in [6.45, 7) is 2.22. The molecule has 0 aliphatic heterocycles. The number of anilines is 1. The second kappa shape index (κ2) is 16.0. The number of rotatable bonds is 15. The van der Waals surface area contributed by atoms with Crippen LogP contribution in [0, 0.1) is 0 Å². The van der Waals surface area contributed by atoms with E-state index in [-0.39, 0.29) is 17.2 Å². The molecule has 0 heterocycles. The maximum atomic E-state index is 12.0. The summed E-state index contributed by atoms with van der Waals surface area (Å²) in [4.78, 5) is 23.0. The van der Waals surface area contributed by atoms with Crippen molar-refractivity contribution >= 4 is 17.6 Å². The Hall–Kier alpha value is -2.82. The third-order valence-corrected chi connectivity index (χ3v) is 4.55. The van der Waals surface area contributed by atoms with Gasteiger partial charge in [-0.25, -0.2) is 4.79 Å². The van der Waals surface area contributed by atoms with Crippen molar-refractivity contribution < 1.29 is 19.8 Å². The van der Waals surface area contributed by atoms with Crippen LogP contribution >= 0.6 is 0 Å². The third-order valence-electron chi connectivity index (χ3n) is 4.55. The number of hydrogen-bond acceptors (Lipinski definition) is 3. The van der Waals surface area contributed by atoms with E-state index in [2.05, 4.69) is 48.7 Å². The van der Waals surface area contributed by atoms with E-state index in [0.717, 1.165) is 32.1 Å². The zero-order chi connectivity index (χ0) is 22.0. The fraction of sp³-hybridized carbons (Fsp3) is 0.440. The van der Waals surface area contributed by atoms with Crippen LogP contribution in [0.1, 0.15) is 81.5 Å². The van der Waals surface area contributed by atoms with Gasteiger partial charge in [0.15, 0.2) is 0 Å². The van der Waals surface area contributed by atoms with Crippen molar-refractivity contribution in [2.45, 2.75) is 71.1 Å². The lowest BCUT2D eigenvalue weighted by Crippen LogP contribution is -2.11. The molecule has 1 aromatic rings. The Morgan fingerprint density at radius 1 is 0.900 bits per heavy atom. The molecule has 164 valence electrons. The van der Waals surface area contributed by atoms with Crippen LogP contribution in [0.2, 0.25) is 0 Å². The van der Waals surface area contributed by atoms with Gasteiger partial charge in [-0.3, -0.25) is 4.79 Å². The standard InChI is InChI=1S/C25H35NO4/c1-2-3-4-5-6-7-8-9-10-11-12-13-14-15-16-17-24(28)26-21-18-19-23(27)22(20-21)25(29)30/h6-7,9-10,12-13,18-20,27H,2-5,8,11,14-17H2,1H3,(H,26,28)(H,29,30)/b7-6-,10-9-,13-12-. The van der Waals surface area contributed by atoms with Crippen LogP contribution in [-0.4, -0.2) is 22.1 Å². The molecule has 0 fully saturated rings. The molecule has 0 bridgehead atoms. The fourth-order valence-corrected chi connectivity index (χ4v) is 2.85. The van der Waals surface area contributed by atoms with Crippen molar-refractivity contribution in [3.05, 3.63) is 60.2 Å². The van der Waals surface area contributed by atoms with Gasteiger partial charge in [-0.1, -0.05) is 56.2 Å². The number of hydrogen-bond donors (Lipinski definition) is 3. The van der Waals surface area contributed by atoms with E-state index in [1.54, 1.807) is 0 Å². The van der Waals surface area contributed by atoms with E-state index in [0.29, 0.717) is 12.1 Å². The molecule has 0 unspecified atom stereocenters. The highest BCUT2D eigenvalue weighted by Crippen LogP contribution is 2.21. The molecule has 0 spiro atoms. The molecular weight excluding hydrogens is 378 g/mol. The summed E-state index contributed by atoms with van der Waals surface area (Å²) in [6, 6.07) is 4.01. The number of carbonyl (C=O) groups excluding carboxylic acids is 1. The first-order valence-corrected chi connectivity index (χ1v) is 10.9. The fourth-order valence-electron chi connectivity index (χ4n) is 2.85. The van der Waals surface area contributed by atoms with Gasteiger partial charge in [-0.05, 0) is 63.1 Å². The summed E-state index contributed by atoms with van der Waals surface area (Å²) in [5.74, 6) is -1.71. The number of aromatic hydroxyl groups is 1. The molecule has 1 rings (SSSR count). The van der Waals surface area contributed by atoms with Gasteiger partial charge in [0.2, 0.25) is 5.91 Å². The number of carboxylic acids is 1. The van der Waals surface area contributed by atoms with Gasteiger partial charge in [0.1, 0.15) is 11.3 Å². The molecule has 0 aromatic heterocycles. The zero-order valence-electron chi connectivity index (χ0n) is 18.0. The van der Waals surface area contributed by atoms with Crippen LogP contribution in [0.25, 0.3) is 0 Å². The molecule has 3 N–H and O–H groups in total. The summed E-state index contributed by atoms with van der Waals surface area (Å²) in [5, 5.41) is 21.1. The molecule has 5 heteroatoms. The van der Waals surface area contributed by atoms with Gasteiger partial charge in [0.25, 0.3) is 0 Å². The first kappa shape index (κ1) is 25.2. The van der Waals surface area contributed by atoms with Crippen LogP contribution in [0.15, 0.2) is 54.7 Å². The molecule has 5 nitrogen and oxygen atoms in total. The van der Waals surface area contributed by atoms with Gasteiger partial charge in [-0.15, -0.1) is 0 Å². The molecular formula is C25H35NO4. The predicted octanol–water partition coefficient (Wildman–Crippen LogP) is 6.62. The average molecular weight is 414 g/mol. The summed E-state index contributed by atoms with van der Waals surface area (Å²) in [7, 11) is 0. The second-order valence-corrected chi connectivity index (χ2v) is 7.21. The monoisotopic (exact) mass is 413 g/mol. The summed E-state index contributed by atoms with van der Waals surface area (Å²) >= 11 is 0. The van der Waals surface area contributed by atoms with Crippen LogP contribution < -0.4 is 5.32 Å². The number of aromatic carboxylic acids is 1. The topological polar surface area (TPSA) is 86.6 Å². The SMILES string of the molecule is CCCCC/C=C\C/C=C\C/C=C\CCCCC(=O)Nc1ccc(O)c(C(=O)O)c1. The van der Waals surface area contributed by atoms with Crippen molar-refractivity contribution in [2.24, 2.45) is 0 Å². The number of phenols is 1. The van der Waals surface area contributed by atoms with E-state index in [1.807, 2.05) is 0 Å². The predicted molar refractivity (Wildman–Crippen MR) is 123 cm³/mol. The van der Waals surface area contributed by atoms with Crippen molar-refractivity contribution in [3.63, 3.8) is 0 Å². The largest absolute Gasteiger partial charge is 0.507 e. The molecule has 30 heavy (non-hydrogen) atoms. The third kappa shape index (κ3) is 11.9. The molecule has 1 aromatic carbocycles. The van der Waals surface area contributed by atoms with Gasteiger partial charge >= 0.3 is 5.97 Å². The maximum absolute atomic E-state index is 12.0. The van der Waals surface area contributed by atoms with Crippen molar-refractivity contribution in [3.8, 4) is 5.75 Å². The minimum atomic E-state index is -1.23. The summed E-state index contributed by atoms with van der Waals surface area (Å²) < 4.78 is 0. The number of nitrogens with one attached hydrogen (secondary N) is 1. The van der Waals surface area contributed by atoms with Crippen molar-refractivity contribution in [1.29, 1.82) is 0 Å². The molecule has 0 radical (unpaired) electrons. The molecule has 0 atom stereocenters. The summed E-state index contributed by atoms with van der Waals surface area (Å²) in [5.41, 5.74) is 0.146. The van der Waals surface area contributed by atoms with Crippen LogP contribution in [0.5, 0.6) is 5.75 Å². The maximum Gasteiger partial charge on any atom is 0.339 e. The van der Waals surface area contributed by atoms with Crippen LogP contribution in [0.3, 0.4) is 0 Å². The highest BCUT2D eigenvalue weighted by atomic mass is 16.4. The lowest BCUT2D eigenvalue weighted by Gasteiger charge is -2.07. The molecule has 1 amide bonds. The van der Waals surface area contributed by atoms with Crippen LogP contribution in [-0.2, 0) is 4.79 Å². The van der Waals surface area contributed by atoms with Crippen LogP contribution in [0.4, 0.5) is 5.69 Å². The number of amides is 1. The Bertz CT molecular complexity index is 735. The lowest BCUT2D eigenvalue weighted by atomic mass is 10.1. The smallest absolute Gasteiger partial charge is 0.339 e. The zero-order valence-corrected chi connectivity index (χ0v) is 18.0. The Balaban J connectivity index is 2.10. The van der Waals surface area contributed by atoms with E-state index in [1.165, 1.54) is 43.9 Å². The van der Waals surface area contributed by atoms with E-state index < -0.39 is 5.97 Å². The molecule has 0 aliphatic rings. The van der Waals surface area contributed by atoms with E-state index in [9.17, 15) is 14.7 Å². The minimum Gasteiger partial charge on any atom is -0.507 e. The van der Waals surface area contributed by atoms with Gasteiger partial charge in [0.05, 0.1) is 0 Å². The Labute approximate surface area is 180 Å². The van der Waals surface area contributed by atoms with Gasteiger partial charge < -0.3 is 15.5 Å². The van der Waals surface area contributed by atoms with Crippen molar-refractivity contribution in [2.75, 3.05) is 5.32 Å². The highest BCUT2D eigenvalue weighted by Gasteiger charge is 2.11. The Morgan fingerprint density at radius 2 is 1.50 bits per heavy atom. The molecule has 0 saturated heterocycles. The minimum absolute atomic E-state index is 0.160. The van der Waals surface area contributed by atoms with Crippen molar-refractivity contribution in [1.82, 2.24) is 0 Å². The molecule has 0 aliphatic carbocycles. The van der Waals surface area contributed by atoms with E-state index >= 15 is 0 Å². The first-order valence-electron chi connectivity index (χ1n) is 10.9. The van der Waals surface area contributed by atoms with E-state index in [4.69, 9.17) is 5.11 Å². The normalized spacial score (nSPS) is 11.6. The number of benzene rings is 1. The number of carbonyl (C=O) groups is 2. The lowest BCUT2D eigenvalue weighted by molar-refractivity contribution is -0.116. The summed E-state index contributed by atoms with van der Waals surface area (Å²) in [6.07, 6.45) is 23.1. The van der Waals surface area contributed by atoms with Gasteiger partial charge in [0, 0.05) is 12.1 Å². The second-order valence-electron chi connectivity index (χ2n) is 7.21. The number of carboxylic acid groups (broad SMARTS) is 1. The highest BCUT2D eigenvalue weighted by molar-refractivity contribution is 5.95. The number of unbranched alkanes of at least 4 members (excludes halogenated alkanes) is 5. The molecule has 0 saturated carbocycles. The quantitative estimate of drug-likeness (QED) is 0.171. The average Bonchev–Trinajstić information content (AvgIpc) is 2.72. The number of allylic oxidation sites excluding steroid dienone is 6.